The maximum Gasteiger partial charge on any atom is 0.243 e. The number of sulfonamides is 1. The van der Waals surface area contributed by atoms with E-state index >= 15 is 0 Å². The lowest BCUT2D eigenvalue weighted by Gasteiger charge is -2.32. The maximum absolute atomic E-state index is 12.4. The first-order valence-corrected chi connectivity index (χ1v) is 10.8. The van der Waals surface area contributed by atoms with E-state index in [1.807, 2.05) is 13.0 Å². The molecule has 0 saturated carbocycles. The fourth-order valence-corrected chi connectivity index (χ4v) is 4.49. The lowest BCUT2D eigenvalue weighted by Crippen LogP contribution is -2.41. The molecule has 0 spiro atoms. The first-order chi connectivity index (χ1) is 12.6. The van der Waals surface area contributed by atoms with Crippen LogP contribution in [0, 0.1) is 5.92 Å². The lowest BCUT2D eigenvalue weighted by molar-refractivity contribution is 0.178. The Bertz CT molecular complexity index is 789. The molecule has 3 rings (SSSR count). The van der Waals surface area contributed by atoms with Gasteiger partial charge in [-0.1, -0.05) is 30.3 Å². The monoisotopic (exact) mass is 376 g/mol. The molecular weight excluding hydrogens is 348 g/mol. The Labute approximate surface area is 156 Å². The number of likely N-dealkylation sites (tertiary alicyclic amines) is 1. The quantitative estimate of drug-likeness (QED) is 0.766. The average molecular weight is 377 g/mol. The smallest absolute Gasteiger partial charge is 0.243 e. The molecule has 1 aliphatic rings. The van der Waals surface area contributed by atoms with Crippen molar-refractivity contribution in [2.45, 2.75) is 37.6 Å². The molecule has 1 fully saturated rings. The van der Waals surface area contributed by atoms with Crippen LogP contribution in [0.25, 0.3) is 0 Å². The summed E-state index contributed by atoms with van der Waals surface area (Å²) in [5.74, 6) is 0.357. The van der Waals surface area contributed by atoms with Gasteiger partial charge in [0, 0.05) is 32.4 Å². The molecule has 0 aliphatic carbocycles. The first-order valence-electron chi connectivity index (χ1n) is 9.35. The second-order valence-corrected chi connectivity index (χ2v) is 8.70. The Kier molecular flexibility index (Phi) is 6.45. The molecule has 26 heavy (non-hydrogen) atoms. The Morgan fingerprint density at radius 1 is 1.27 bits per heavy atom. The number of benzene rings is 1. The molecule has 0 amide bonds. The molecule has 1 atom stereocenters. The standard InChI is InChI=1S/C19H28N4O2S/c1-2-23-16-19(14-20-23)26(24,25)21-13-18-9-6-11-22(15-18)12-10-17-7-4-3-5-8-17/h3-5,7-8,14,16,18,21H,2,6,9-13,15H2,1H3/t18-/m0/s1. The van der Waals surface area contributed by atoms with Crippen LogP contribution in [0.15, 0.2) is 47.6 Å². The van der Waals surface area contributed by atoms with Gasteiger partial charge in [0.25, 0.3) is 0 Å². The van der Waals surface area contributed by atoms with Gasteiger partial charge in [0.2, 0.25) is 10.0 Å². The minimum atomic E-state index is -3.47. The van der Waals surface area contributed by atoms with E-state index < -0.39 is 10.0 Å². The fraction of sp³-hybridized carbons (Fsp3) is 0.526. The van der Waals surface area contributed by atoms with Crippen molar-refractivity contribution >= 4 is 10.0 Å². The van der Waals surface area contributed by atoms with Crippen LogP contribution in [0.5, 0.6) is 0 Å². The van der Waals surface area contributed by atoms with Gasteiger partial charge in [-0.3, -0.25) is 4.68 Å². The number of nitrogens with one attached hydrogen (secondary N) is 1. The number of piperidine rings is 1. The van der Waals surface area contributed by atoms with E-state index in [0.717, 1.165) is 38.9 Å². The molecule has 0 unspecified atom stereocenters. The van der Waals surface area contributed by atoms with E-state index in [1.165, 1.54) is 11.8 Å². The highest BCUT2D eigenvalue weighted by Crippen LogP contribution is 2.17. The normalized spacial score (nSPS) is 18.9. The second kappa shape index (κ2) is 8.79. The molecule has 6 nitrogen and oxygen atoms in total. The van der Waals surface area contributed by atoms with E-state index in [2.05, 4.69) is 39.0 Å². The zero-order valence-corrected chi connectivity index (χ0v) is 16.2. The Balaban J connectivity index is 1.48. The molecule has 0 bridgehead atoms. The number of aromatic nitrogens is 2. The van der Waals surface area contributed by atoms with Crippen molar-refractivity contribution in [2.75, 3.05) is 26.2 Å². The van der Waals surface area contributed by atoms with Crippen LogP contribution in [-0.4, -0.2) is 49.3 Å². The SMILES string of the molecule is CCn1cc(S(=O)(=O)NC[C@@H]2CCCN(CCc3ccccc3)C2)cn1. The van der Waals surface area contributed by atoms with E-state index in [4.69, 9.17) is 0 Å². The van der Waals surface area contributed by atoms with Crippen LogP contribution >= 0.6 is 0 Å². The third kappa shape index (κ3) is 5.16. The predicted octanol–water partition coefficient (Wildman–Crippen LogP) is 2.14. The van der Waals surface area contributed by atoms with E-state index in [9.17, 15) is 8.42 Å². The van der Waals surface area contributed by atoms with Crippen molar-refractivity contribution < 1.29 is 8.42 Å². The number of rotatable bonds is 8. The summed E-state index contributed by atoms with van der Waals surface area (Å²) in [4.78, 5) is 2.70. The van der Waals surface area contributed by atoms with Gasteiger partial charge in [-0.15, -0.1) is 0 Å². The summed E-state index contributed by atoms with van der Waals surface area (Å²) in [6.07, 6.45) is 6.22. The Morgan fingerprint density at radius 3 is 2.81 bits per heavy atom. The predicted molar refractivity (Wildman–Crippen MR) is 102 cm³/mol. The van der Waals surface area contributed by atoms with Crippen LogP contribution in [-0.2, 0) is 23.0 Å². The molecule has 1 N–H and O–H groups in total. The maximum atomic E-state index is 12.4. The Hall–Kier alpha value is -1.70. The van der Waals surface area contributed by atoms with Crippen LogP contribution in [0.4, 0.5) is 0 Å². The minimum Gasteiger partial charge on any atom is -0.303 e. The zero-order valence-electron chi connectivity index (χ0n) is 15.3. The largest absolute Gasteiger partial charge is 0.303 e. The third-order valence-corrected chi connectivity index (χ3v) is 6.35. The van der Waals surface area contributed by atoms with Gasteiger partial charge in [0.15, 0.2) is 0 Å². The van der Waals surface area contributed by atoms with Gasteiger partial charge in [0.05, 0.1) is 6.20 Å². The van der Waals surface area contributed by atoms with E-state index in [1.54, 1.807) is 10.9 Å². The van der Waals surface area contributed by atoms with Crippen molar-refractivity contribution in [1.29, 1.82) is 0 Å². The van der Waals surface area contributed by atoms with Crippen molar-refractivity contribution in [3.63, 3.8) is 0 Å². The van der Waals surface area contributed by atoms with Crippen LogP contribution in [0.3, 0.4) is 0 Å². The Morgan fingerprint density at radius 2 is 2.08 bits per heavy atom. The average Bonchev–Trinajstić information content (AvgIpc) is 3.16. The van der Waals surface area contributed by atoms with Crippen LogP contribution < -0.4 is 4.72 Å². The zero-order chi connectivity index (χ0) is 18.4. The molecule has 1 aromatic carbocycles. The summed E-state index contributed by atoms with van der Waals surface area (Å²) >= 11 is 0. The fourth-order valence-electron chi connectivity index (χ4n) is 3.42. The van der Waals surface area contributed by atoms with Crippen molar-refractivity contribution in [2.24, 2.45) is 5.92 Å². The molecule has 0 radical (unpaired) electrons. The number of aryl methyl sites for hydroxylation is 1. The molecule has 142 valence electrons. The van der Waals surface area contributed by atoms with E-state index in [0.29, 0.717) is 19.0 Å². The topological polar surface area (TPSA) is 67.2 Å². The molecular formula is C19H28N4O2S. The summed E-state index contributed by atoms with van der Waals surface area (Å²) in [5.41, 5.74) is 1.35. The third-order valence-electron chi connectivity index (χ3n) is 4.97. The van der Waals surface area contributed by atoms with Gasteiger partial charge in [-0.25, -0.2) is 13.1 Å². The van der Waals surface area contributed by atoms with Crippen LogP contribution in [0.1, 0.15) is 25.3 Å². The summed E-state index contributed by atoms with van der Waals surface area (Å²) in [5, 5.41) is 4.05. The summed E-state index contributed by atoms with van der Waals surface area (Å²) in [6.45, 7) is 6.15. The summed E-state index contributed by atoms with van der Waals surface area (Å²) in [7, 11) is -3.47. The second-order valence-electron chi connectivity index (χ2n) is 6.93. The highest BCUT2D eigenvalue weighted by atomic mass is 32.2. The summed E-state index contributed by atoms with van der Waals surface area (Å²) in [6, 6.07) is 10.5. The van der Waals surface area contributed by atoms with Crippen molar-refractivity contribution in [3.05, 3.63) is 48.3 Å². The molecule has 2 aromatic rings. The summed E-state index contributed by atoms with van der Waals surface area (Å²) < 4.78 is 29.2. The van der Waals surface area contributed by atoms with Gasteiger partial charge >= 0.3 is 0 Å². The lowest BCUT2D eigenvalue weighted by atomic mass is 9.98. The highest BCUT2D eigenvalue weighted by Gasteiger charge is 2.23. The van der Waals surface area contributed by atoms with Gasteiger partial charge in [-0.2, -0.15) is 5.10 Å². The number of nitrogens with zero attached hydrogens (tertiary/aromatic N) is 3. The highest BCUT2D eigenvalue weighted by molar-refractivity contribution is 7.89. The first kappa shape index (κ1) is 19.1. The number of hydrogen-bond acceptors (Lipinski definition) is 4. The van der Waals surface area contributed by atoms with Gasteiger partial charge < -0.3 is 4.90 Å². The number of hydrogen-bond donors (Lipinski definition) is 1. The van der Waals surface area contributed by atoms with Crippen LogP contribution in [0.2, 0.25) is 0 Å². The molecule has 1 aliphatic heterocycles. The molecule has 1 aromatic heterocycles. The molecule has 1 saturated heterocycles. The van der Waals surface area contributed by atoms with Crippen molar-refractivity contribution in [1.82, 2.24) is 19.4 Å². The van der Waals surface area contributed by atoms with Crippen molar-refractivity contribution in [3.8, 4) is 0 Å². The minimum absolute atomic E-state index is 0.246. The van der Waals surface area contributed by atoms with E-state index in [-0.39, 0.29) is 4.90 Å². The van der Waals surface area contributed by atoms with Gasteiger partial charge in [0.1, 0.15) is 4.90 Å². The molecule has 7 heteroatoms. The molecule has 2 heterocycles. The van der Waals surface area contributed by atoms with Gasteiger partial charge in [-0.05, 0) is 44.2 Å².